The van der Waals surface area contributed by atoms with E-state index in [0.29, 0.717) is 5.69 Å². The number of rotatable bonds is 1. The van der Waals surface area contributed by atoms with E-state index in [1.165, 1.54) is 12.1 Å². The van der Waals surface area contributed by atoms with Crippen molar-refractivity contribution < 1.29 is 4.39 Å². The molecule has 1 aliphatic carbocycles. The molecule has 0 aromatic heterocycles. The Morgan fingerprint density at radius 2 is 2.14 bits per heavy atom. The Labute approximate surface area is 82.1 Å². The zero-order valence-corrected chi connectivity index (χ0v) is 7.70. The van der Waals surface area contributed by atoms with Gasteiger partial charge in [0.25, 0.3) is 0 Å². The smallest absolute Gasteiger partial charge is 0.125 e. The second-order valence-electron chi connectivity index (χ2n) is 3.74. The zero-order chi connectivity index (χ0) is 10.1. The van der Waals surface area contributed by atoms with Crippen LogP contribution < -0.4 is 5.73 Å². The number of nitriles is 1. The monoisotopic (exact) mass is 190 g/mol. The summed E-state index contributed by atoms with van der Waals surface area (Å²) in [6, 6.07) is 6.76. The molecule has 2 N–H and O–H groups in total. The van der Waals surface area contributed by atoms with Gasteiger partial charge in [0.2, 0.25) is 0 Å². The molecular formula is C11H11FN2. The van der Waals surface area contributed by atoms with Gasteiger partial charge in [-0.1, -0.05) is 0 Å². The number of benzene rings is 1. The summed E-state index contributed by atoms with van der Waals surface area (Å²) in [7, 11) is 0. The van der Waals surface area contributed by atoms with Gasteiger partial charge in [-0.2, -0.15) is 5.26 Å². The van der Waals surface area contributed by atoms with Crippen LogP contribution in [0, 0.1) is 23.1 Å². The molecule has 0 radical (unpaired) electrons. The summed E-state index contributed by atoms with van der Waals surface area (Å²) in [5.74, 6) is -0.0993. The van der Waals surface area contributed by atoms with E-state index >= 15 is 0 Å². The summed E-state index contributed by atoms with van der Waals surface area (Å²) in [5.41, 5.74) is 6.84. The molecule has 14 heavy (non-hydrogen) atoms. The molecule has 3 heteroatoms. The van der Waals surface area contributed by atoms with Crippen molar-refractivity contribution in [1.82, 2.24) is 0 Å². The van der Waals surface area contributed by atoms with Gasteiger partial charge >= 0.3 is 0 Å². The van der Waals surface area contributed by atoms with Gasteiger partial charge in [0.15, 0.2) is 0 Å². The van der Waals surface area contributed by atoms with Crippen LogP contribution in [0.4, 0.5) is 10.1 Å². The number of hydrogen-bond donors (Lipinski definition) is 1. The van der Waals surface area contributed by atoms with Crippen LogP contribution in [0.15, 0.2) is 18.2 Å². The Balaban J connectivity index is 2.29. The topological polar surface area (TPSA) is 49.8 Å². The Hall–Kier alpha value is -1.56. The van der Waals surface area contributed by atoms with E-state index in [2.05, 4.69) is 6.07 Å². The van der Waals surface area contributed by atoms with Gasteiger partial charge in [0.05, 0.1) is 12.0 Å². The molecule has 72 valence electrons. The Bertz CT molecular complexity index is 375. The van der Waals surface area contributed by atoms with E-state index in [4.69, 9.17) is 11.0 Å². The van der Waals surface area contributed by atoms with Gasteiger partial charge in [0.1, 0.15) is 5.82 Å². The molecule has 1 saturated carbocycles. The summed E-state index contributed by atoms with van der Waals surface area (Å²) in [5, 5.41) is 8.78. The maximum absolute atomic E-state index is 13.0. The first-order chi connectivity index (χ1) is 6.70. The van der Waals surface area contributed by atoms with Crippen LogP contribution in [0.1, 0.15) is 24.3 Å². The predicted octanol–water partition coefficient (Wildman–Crippen LogP) is 2.43. The highest BCUT2D eigenvalue weighted by Gasteiger charge is 2.32. The number of nitrogens with zero attached hydrogens (tertiary/aromatic N) is 1. The predicted molar refractivity (Wildman–Crippen MR) is 51.9 cm³/mol. The minimum absolute atomic E-state index is 0.0381. The summed E-state index contributed by atoms with van der Waals surface area (Å²) in [6.07, 6.45) is 1.87. The fourth-order valence-corrected chi connectivity index (χ4v) is 1.90. The first-order valence-electron chi connectivity index (χ1n) is 4.66. The maximum atomic E-state index is 13.0. The molecule has 2 atom stereocenters. The van der Waals surface area contributed by atoms with Gasteiger partial charge in [-0.25, -0.2) is 4.39 Å². The molecule has 0 unspecified atom stereocenters. The van der Waals surface area contributed by atoms with Gasteiger partial charge in [-0.3, -0.25) is 0 Å². The van der Waals surface area contributed by atoms with Crippen LogP contribution in [-0.4, -0.2) is 0 Å². The molecule has 2 rings (SSSR count). The van der Waals surface area contributed by atoms with Crippen LogP contribution in [0.25, 0.3) is 0 Å². The van der Waals surface area contributed by atoms with Crippen molar-refractivity contribution >= 4 is 5.69 Å². The molecule has 0 spiro atoms. The van der Waals surface area contributed by atoms with Crippen molar-refractivity contribution in [2.24, 2.45) is 5.92 Å². The molecule has 0 bridgehead atoms. The summed E-state index contributed by atoms with van der Waals surface area (Å²) < 4.78 is 13.0. The molecule has 1 aliphatic rings. The summed E-state index contributed by atoms with van der Waals surface area (Å²) in [6.45, 7) is 0. The van der Waals surface area contributed by atoms with E-state index in [9.17, 15) is 4.39 Å². The summed E-state index contributed by atoms with van der Waals surface area (Å²) >= 11 is 0. The van der Waals surface area contributed by atoms with Crippen molar-refractivity contribution in [3.05, 3.63) is 29.6 Å². The number of anilines is 1. The molecule has 2 nitrogen and oxygen atoms in total. The molecule has 0 aliphatic heterocycles. The van der Waals surface area contributed by atoms with Crippen molar-refractivity contribution in [3.8, 4) is 6.07 Å². The Morgan fingerprint density at radius 1 is 1.36 bits per heavy atom. The lowest BCUT2D eigenvalue weighted by Crippen LogP contribution is -2.22. The fourth-order valence-electron chi connectivity index (χ4n) is 1.90. The van der Waals surface area contributed by atoms with Crippen molar-refractivity contribution in [3.63, 3.8) is 0 Å². The first kappa shape index (κ1) is 9.01. The third-order valence-electron chi connectivity index (χ3n) is 2.81. The minimum Gasteiger partial charge on any atom is -0.399 e. The van der Waals surface area contributed by atoms with Gasteiger partial charge in [-0.05, 0) is 42.5 Å². The van der Waals surface area contributed by atoms with Gasteiger partial charge in [0, 0.05) is 5.69 Å². The average molecular weight is 190 g/mol. The van der Waals surface area contributed by atoms with Crippen LogP contribution >= 0.6 is 0 Å². The van der Waals surface area contributed by atoms with Crippen molar-refractivity contribution in [2.75, 3.05) is 5.73 Å². The molecule has 0 saturated heterocycles. The Morgan fingerprint density at radius 3 is 2.64 bits per heavy atom. The van der Waals surface area contributed by atoms with E-state index in [1.807, 2.05) is 0 Å². The number of nitrogen functional groups attached to an aromatic ring is 1. The first-order valence-corrected chi connectivity index (χ1v) is 4.66. The lowest BCUT2D eigenvalue weighted by Gasteiger charge is -2.31. The van der Waals surface area contributed by atoms with Crippen LogP contribution in [0.5, 0.6) is 0 Å². The van der Waals surface area contributed by atoms with E-state index in [-0.39, 0.29) is 17.7 Å². The largest absolute Gasteiger partial charge is 0.399 e. The normalized spacial score (nSPS) is 25.1. The molecule has 0 heterocycles. The van der Waals surface area contributed by atoms with Crippen LogP contribution in [0.2, 0.25) is 0 Å². The second-order valence-corrected chi connectivity index (χ2v) is 3.74. The highest BCUT2D eigenvalue weighted by atomic mass is 19.1. The number of hydrogen-bond acceptors (Lipinski definition) is 2. The fraction of sp³-hybridized carbons (Fsp3) is 0.364. The van der Waals surface area contributed by atoms with E-state index in [0.717, 1.165) is 18.4 Å². The molecule has 1 aromatic carbocycles. The minimum atomic E-state index is -0.316. The molecule has 0 amide bonds. The number of nitrogens with two attached hydrogens (primary N) is 1. The molecule has 1 aromatic rings. The van der Waals surface area contributed by atoms with E-state index in [1.54, 1.807) is 6.07 Å². The number of halogens is 1. The van der Waals surface area contributed by atoms with Crippen molar-refractivity contribution in [1.29, 1.82) is 5.26 Å². The standard InChI is InChI=1S/C11H11FN2/c12-9-3-8(4-10(14)5-9)11-2-1-7(11)6-13/h3-5,7,11H,1-2,14H2/t7-,11-/m0/s1. The SMILES string of the molecule is N#C[C@@H]1CC[C@@H]1c1cc(N)cc(F)c1. The molecule has 1 fully saturated rings. The van der Waals surface area contributed by atoms with Gasteiger partial charge < -0.3 is 5.73 Å². The zero-order valence-electron chi connectivity index (χ0n) is 7.70. The van der Waals surface area contributed by atoms with Crippen LogP contribution in [0.3, 0.4) is 0 Å². The highest BCUT2D eigenvalue weighted by Crippen LogP contribution is 2.42. The quantitative estimate of drug-likeness (QED) is 0.691. The van der Waals surface area contributed by atoms with E-state index < -0.39 is 0 Å². The second kappa shape index (κ2) is 3.30. The highest BCUT2D eigenvalue weighted by molar-refractivity contribution is 5.43. The lowest BCUT2D eigenvalue weighted by atomic mass is 9.71. The molecular weight excluding hydrogens is 179 g/mol. The van der Waals surface area contributed by atoms with Gasteiger partial charge in [-0.15, -0.1) is 0 Å². The Kier molecular flexibility index (Phi) is 2.12. The van der Waals surface area contributed by atoms with Crippen LogP contribution in [-0.2, 0) is 0 Å². The average Bonchev–Trinajstić information content (AvgIpc) is 2.00. The third-order valence-corrected chi connectivity index (χ3v) is 2.81. The lowest BCUT2D eigenvalue weighted by molar-refractivity contribution is 0.324. The summed E-state index contributed by atoms with van der Waals surface area (Å²) in [4.78, 5) is 0. The maximum Gasteiger partial charge on any atom is 0.125 e. The van der Waals surface area contributed by atoms with Crippen molar-refractivity contribution in [2.45, 2.75) is 18.8 Å². The third kappa shape index (κ3) is 1.44.